The first-order valence-electron chi connectivity index (χ1n) is 9.20. The predicted molar refractivity (Wildman–Crippen MR) is 104 cm³/mol. The van der Waals surface area contributed by atoms with E-state index in [1.807, 2.05) is 6.07 Å². The number of carbonyl (C=O) groups is 1. The lowest BCUT2D eigenvalue weighted by atomic mass is 10.1. The normalized spacial score (nSPS) is 20.9. The molecule has 0 amide bonds. The highest BCUT2D eigenvalue weighted by atomic mass is 16.4. The number of nitrogens with zero attached hydrogens (tertiary/aromatic N) is 3. The lowest BCUT2D eigenvalue weighted by Gasteiger charge is -2.43. The predicted octanol–water partition coefficient (Wildman–Crippen LogP) is 3.63. The van der Waals surface area contributed by atoms with Crippen molar-refractivity contribution in [2.45, 2.75) is 32.5 Å². The van der Waals surface area contributed by atoms with Crippen molar-refractivity contribution < 1.29 is 14.3 Å². The molecule has 0 aliphatic carbocycles. The molecule has 0 radical (unpaired) electrons. The summed E-state index contributed by atoms with van der Waals surface area (Å²) in [5, 5.41) is 9.38. The van der Waals surface area contributed by atoms with E-state index in [2.05, 4.69) is 52.9 Å². The molecule has 0 spiro atoms. The number of aromatic nitrogens is 1. The van der Waals surface area contributed by atoms with Crippen molar-refractivity contribution in [2.24, 2.45) is 0 Å². The maximum atomic E-state index is 11.4. The van der Waals surface area contributed by atoms with Gasteiger partial charge in [-0.3, -0.25) is 4.90 Å². The van der Waals surface area contributed by atoms with Crippen LogP contribution in [0, 0.1) is 0 Å². The Kier molecular flexibility index (Phi) is 4.58. The Bertz CT molecular complexity index is 942. The van der Waals surface area contributed by atoms with Crippen LogP contribution in [0.4, 0.5) is 6.01 Å². The van der Waals surface area contributed by atoms with Gasteiger partial charge in [0.05, 0.1) is 5.56 Å². The van der Waals surface area contributed by atoms with Gasteiger partial charge in [-0.2, -0.15) is 4.98 Å². The smallest absolute Gasteiger partial charge is 0.338 e. The van der Waals surface area contributed by atoms with Crippen LogP contribution in [-0.2, 0) is 6.54 Å². The van der Waals surface area contributed by atoms with Crippen LogP contribution in [0.15, 0.2) is 52.9 Å². The van der Waals surface area contributed by atoms with E-state index in [9.17, 15) is 9.90 Å². The molecule has 1 saturated heterocycles. The van der Waals surface area contributed by atoms with Crippen molar-refractivity contribution >= 4 is 23.1 Å². The van der Waals surface area contributed by atoms with Gasteiger partial charge in [-0.05, 0) is 31.5 Å². The van der Waals surface area contributed by atoms with Crippen LogP contribution in [0.25, 0.3) is 11.1 Å². The number of rotatable bonds is 4. The molecular formula is C21H23N3O3. The third-order valence-corrected chi connectivity index (χ3v) is 5.10. The van der Waals surface area contributed by atoms with Gasteiger partial charge in [-0.1, -0.05) is 36.4 Å². The maximum Gasteiger partial charge on any atom is 0.338 e. The van der Waals surface area contributed by atoms with E-state index in [0.717, 1.165) is 19.6 Å². The lowest BCUT2D eigenvalue weighted by molar-refractivity contribution is 0.0699. The Morgan fingerprint density at radius 2 is 1.81 bits per heavy atom. The molecule has 1 aliphatic rings. The number of anilines is 1. The molecule has 1 aliphatic heterocycles. The van der Waals surface area contributed by atoms with E-state index >= 15 is 0 Å². The number of para-hydroxylation sites is 1. The third kappa shape index (κ3) is 3.40. The van der Waals surface area contributed by atoms with Crippen LogP contribution < -0.4 is 4.90 Å². The molecule has 27 heavy (non-hydrogen) atoms. The maximum absolute atomic E-state index is 11.4. The highest BCUT2D eigenvalue weighted by molar-refractivity contribution is 6.00. The summed E-state index contributed by atoms with van der Waals surface area (Å²) in [7, 11) is 0. The molecule has 4 rings (SSSR count). The fourth-order valence-electron chi connectivity index (χ4n) is 4.00. The second-order valence-electron chi connectivity index (χ2n) is 7.24. The molecule has 6 heteroatoms. The van der Waals surface area contributed by atoms with Gasteiger partial charge >= 0.3 is 5.97 Å². The Morgan fingerprint density at radius 3 is 2.48 bits per heavy atom. The van der Waals surface area contributed by atoms with Gasteiger partial charge in [0.15, 0.2) is 5.58 Å². The minimum absolute atomic E-state index is 0.172. The minimum Gasteiger partial charge on any atom is -0.478 e. The molecule has 0 unspecified atom stereocenters. The SMILES string of the molecule is C[C@H]1CN(Cc2ccccc2)C[C@H](C)N1c1nc2c(C(=O)O)cccc2o1. The number of oxazole rings is 1. The van der Waals surface area contributed by atoms with E-state index in [1.54, 1.807) is 18.2 Å². The third-order valence-electron chi connectivity index (χ3n) is 5.10. The number of piperazine rings is 1. The van der Waals surface area contributed by atoms with Gasteiger partial charge in [0, 0.05) is 31.7 Å². The monoisotopic (exact) mass is 365 g/mol. The van der Waals surface area contributed by atoms with Gasteiger partial charge in [0.1, 0.15) is 5.52 Å². The minimum atomic E-state index is -0.991. The summed E-state index contributed by atoms with van der Waals surface area (Å²) in [5.74, 6) is -0.991. The topological polar surface area (TPSA) is 69.8 Å². The summed E-state index contributed by atoms with van der Waals surface area (Å²) in [6, 6.07) is 16.4. The molecule has 1 aromatic heterocycles. The zero-order chi connectivity index (χ0) is 19.0. The number of hydrogen-bond acceptors (Lipinski definition) is 5. The summed E-state index contributed by atoms with van der Waals surface area (Å²) in [6.45, 7) is 7.01. The van der Waals surface area contributed by atoms with Gasteiger partial charge in [-0.15, -0.1) is 0 Å². The van der Waals surface area contributed by atoms with Crippen molar-refractivity contribution in [3.8, 4) is 0 Å². The molecule has 1 N–H and O–H groups in total. The van der Waals surface area contributed by atoms with E-state index in [0.29, 0.717) is 17.1 Å². The van der Waals surface area contributed by atoms with Crippen molar-refractivity contribution in [1.29, 1.82) is 0 Å². The van der Waals surface area contributed by atoms with Gasteiger partial charge in [0.2, 0.25) is 0 Å². The molecule has 140 valence electrons. The van der Waals surface area contributed by atoms with Crippen molar-refractivity contribution in [1.82, 2.24) is 9.88 Å². The van der Waals surface area contributed by atoms with Gasteiger partial charge < -0.3 is 14.4 Å². The van der Waals surface area contributed by atoms with Crippen LogP contribution in [0.3, 0.4) is 0 Å². The molecule has 0 saturated carbocycles. The largest absolute Gasteiger partial charge is 0.478 e. The van der Waals surface area contributed by atoms with Gasteiger partial charge in [0.25, 0.3) is 6.01 Å². The highest BCUT2D eigenvalue weighted by Crippen LogP contribution is 2.29. The van der Waals surface area contributed by atoms with Crippen LogP contribution in [0.2, 0.25) is 0 Å². The second-order valence-corrected chi connectivity index (χ2v) is 7.24. The van der Waals surface area contributed by atoms with E-state index in [1.165, 1.54) is 5.56 Å². The Balaban J connectivity index is 1.57. The molecule has 0 bridgehead atoms. The lowest BCUT2D eigenvalue weighted by Crippen LogP contribution is -2.56. The first-order chi connectivity index (χ1) is 13.0. The zero-order valence-corrected chi connectivity index (χ0v) is 15.5. The van der Waals surface area contributed by atoms with E-state index < -0.39 is 5.97 Å². The molecule has 1 fully saturated rings. The number of benzene rings is 2. The van der Waals surface area contributed by atoms with Crippen molar-refractivity contribution in [3.63, 3.8) is 0 Å². The number of aromatic carboxylic acids is 1. The first-order valence-corrected chi connectivity index (χ1v) is 9.20. The standard InChI is InChI=1S/C21H23N3O3/c1-14-11-23(13-16-7-4-3-5-8-16)12-15(2)24(14)21-22-19-17(20(25)26)9-6-10-18(19)27-21/h3-10,14-15H,11-13H2,1-2H3,(H,25,26)/t14-,15-/m0/s1. The molecule has 2 heterocycles. The Hall–Kier alpha value is -2.86. The summed E-state index contributed by atoms with van der Waals surface area (Å²) in [5.41, 5.74) is 2.39. The van der Waals surface area contributed by atoms with Crippen LogP contribution >= 0.6 is 0 Å². The average Bonchev–Trinajstić information content (AvgIpc) is 3.05. The van der Waals surface area contributed by atoms with E-state index in [4.69, 9.17) is 4.42 Å². The molecule has 6 nitrogen and oxygen atoms in total. The van der Waals surface area contributed by atoms with Crippen molar-refractivity contribution in [2.75, 3.05) is 18.0 Å². The molecule has 2 atom stereocenters. The highest BCUT2D eigenvalue weighted by Gasteiger charge is 2.33. The fourth-order valence-corrected chi connectivity index (χ4v) is 4.00. The van der Waals surface area contributed by atoms with Crippen molar-refractivity contribution in [3.05, 3.63) is 59.7 Å². The summed E-state index contributed by atoms with van der Waals surface area (Å²) >= 11 is 0. The first kappa shape index (κ1) is 17.5. The van der Waals surface area contributed by atoms with Crippen LogP contribution in [0.5, 0.6) is 0 Å². The quantitative estimate of drug-likeness (QED) is 0.761. The number of fused-ring (bicyclic) bond motifs is 1. The summed E-state index contributed by atoms with van der Waals surface area (Å²) in [4.78, 5) is 20.6. The Labute approximate surface area is 158 Å². The molecular weight excluding hydrogens is 342 g/mol. The number of carboxylic acids is 1. The summed E-state index contributed by atoms with van der Waals surface area (Å²) < 4.78 is 5.93. The molecule has 3 aromatic rings. The van der Waals surface area contributed by atoms with Crippen LogP contribution in [0.1, 0.15) is 29.8 Å². The van der Waals surface area contributed by atoms with Crippen LogP contribution in [-0.4, -0.2) is 46.1 Å². The number of carboxylic acid groups (broad SMARTS) is 1. The zero-order valence-electron chi connectivity index (χ0n) is 15.5. The second kappa shape index (κ2) is 7.04. The summed E-state index contributed by atoms with van der Waals surface area (Å²) in [6.07, 6.45) is 0. The molecule has 2 aromatic carbocycles. The fraction of sp³-hybridized carbons (Fsp3) is 0.333. The van der Waals surface area contributed by atoms with E-state index in [-0.39, 0.29) is 17.6 Å². The van der Waals surface area contributed by atoms with Gasteiger partial charge in [-0.25, -0.2) is 4.79 Å². The number of hydrogen-bond donors (Lipinski definition) is 1. The average molecular weight is 365 g/mol. The Morgan fingerprint density at radius 1 is 1.11 bits per heavy atom.